The van der Waals surface area contributed by atoms with Crippen LogP contribution in [-0.4, -0.2) is 42.0 Å². The standard InChI is InChI=1S/C19H25N3O/c1-19(2,3)18(23)22-12-6-11-21(13-14-22)17-9-10-20-16-8-5-4-7-15(16)17/h4-5,7-10H,6,11-14H2,1-3H3. The van der Waals surface area contributed by atoms with Crippen molar-refractivity contribution in [2.75, 3.05) is 31.1 Å². The molecule has 2 heterocycles. The van der Waals surface area contributed by atoms with Crippen molar-refractivity contribution < 1.29 is 4.79 Å². The molecular weight excluding hydrogens is 286 g/mol. The first kappa shape index (κ1) is 15.8. The van der Waals surface area contributed by atoms with E-state index in [0.717, 1.165) is 38.1 Å². The molecule has 0 atom stereocenters. The highest BCUT2D eigenvalue weighted by Crippen LogP contribution is 2.26. The van der Waals surface area contributed by atoms with Gasteiger partial charge in [-0.05, 0) is 18.6 Å². The lowest BCUT2D eigenvalue weighted by atomic mass is 9.94. The molecule has 0 spiro atoms. The molecule has 0 unspecified atom stereocenters. The summed E-state index contributed by atoms with van der Waals surface area (Å²) in [5, 5.41) is 1.19. The molecule has 1 fully saturated rings. The molecule has 23 heavy (non-hydrogen) atoms. The number of anilines is 1. The first-order valence-electron chi connectivity index (χ1n) is 8.35. The number of carbonyl (C=O) groups excluding carboxylic acids is 1. The highest BCUT2D eigenvalue weighted by molar-refractivity contribution is 5.91. The largest absolute Gasteiger partial charge is 0.369 e. The van der Waals surface area contributed by atoms with Gasteiger partial charge >= 0.3 is 0 Å². The molecule has 122 valence electrons. The number of nitrogens with zero attached hydrogens (tertiary/aromatic N) is 3. The maximum Gasteiger partial charge on any atom is 0.228 e. The fourth-order valence-corrected chi connectivity index (χ4v) is 3.19. The number of benzene rings is 1. The van der Waals surface area contributed by atoms with Crippen LogP contribution in [0.3, 0.4) is 0 Å². The van der Waals surface area contributed by atoms with E-state index in [1.807, 2.05) is 44.0 Å². The topological polar surface area (TPSA) is 36.4 Å². The molecule has 1 aliphatic rings. The van der Waals surface area contributed by atoms with Gasteiger partial charge in [0, 0.05) is 48.9 Å². The minimum Gasteiger partial charge on any atom is -0.369 e. The summed E-state index contributed by atoms with van der Waals surface area (Å²) in [5.41, 5.74) is 1.94. The third-order valence-corrected chi connectivity index (χ3v) is 4.39. The fourth-order valence-electron chi connectivity index (χ4n) is 3.19. The van der Waals surface area contributed by atoms with Gasteiger partial charge < -0.3 is 9.80 Å². The van der Waals surface area contributed by atoms with Gasteiger partial charge in [-0.3, -0.25) is 9.78 Å². The molecule has 4 heteroatoms. The quantitative estimate of drug-likeness (QED) is 0.810. The Morgan fingerprint density at radius 2 is 1.83 bits per heavy atom. The van der Waals surface area contributed by atoms with Crippen LogP contribution in [0.5, 0.6) is 0 Å². The summed E-state index contributed by atoms with van der Waals surface area (Å²) < 4.78 is 0. The molecule has 1 saturated heterocycles. The molecule has 1 amide bonds. The summed E-state index contributed by atoms with van der Waals surface area (Å²) in [4.78, 5) is 21.4. The van der Waals surface area contributed by atoms with E-state index < -0.39 is 0 Å². The van der Waals surface area contributed by atoms with Crippen LogP contribution in [-0.2, 0) is 4.79 Å². The Bertz CT molecular complexity index is 700. The van der Waals surface area contributed by atoms with E-state index in [-0.39, 0.29) is 11.3 Å². The molecule has 0 N–H and O–H groups in total. The minimum absolute atomic E-state index is 0.249. The second-order valence-electron chi connectivity index (χ2n) is 7.23. The number of amides is 1. The maximum atomic E-state index is 12.5. The van der Waals surface area contributed by atoms with Gasteiger partial charge in [-0.1, -0.05) is 39.0 Å². The Kier molecular flexibility index (Phi) is 4.24. The van der Waals surface area contributed by atoms with Gasteiger partial charge in [0.2, 0.25) is 5.91 Å². The van der Waals surface area contributed by atoms with Crippen LogP contribution < -0.4 is 4.90 Å². The maximum absolute atomic E-state index is 12.5. The third-order valence-electron chi connectivity index (χ3n) is 4.39. The van der Waals surface area contributed by atoms with E-state index in [9.17, 15) is 4.79 Å². The highest BCUT2D eigenvalue weighted by atomic mass is 16.2. The van der Waals surface area contributed by atoms with E-state index >= 15 is 0 Å². The molecule has 4 nitrogen and oxygen atoms in total. The third kappa shape index (κ3) is 3.31. The van der Waals surface area contributed by atoms with Crippen LogP contribution in [0.25, 0.3) is 10.9 Å². The molecule has 0 bridgehead atoms. The van der Waals surface area contributed by atoms with Crippen LogP contribution in [0, 0.1) is 5.41 Å². The lowest BCUT2D eigenvalue weighted by Gasteiger charge is -2.29. The Balaban J connectivity index is 1.81. The van der Waals surface area contributed by atoms with Gasteiger partial charge in [-0.25, -0.2) is 0 Å². The van der Waals surface area contributed by atoms with Crippen LogP contribution in [0.15, 0.2) is 36.5 Å². The van der Waals surface area contributed by atoms with Crippen LogP contribution in [0.4, 0.5) is 5.69 Å². The summed E-state index contributed by atoms with van der Waals surface area (Å²) in [7, 11) is 0. The predicted molar refractivity (Wildman–Crippen MR) is 94.6 cm³/mol. The molecule has 3 rings (SSSR count). The van der Waals surface area contributed by atoms with Gasteiger partial charge in [-0.2, -0.15) is 0 Å². The highest BCUT2D eigenvalue weighted by Gasteiger charge is 2.28. The van der Waals surface area contributed by atoms with Gasteiger partial charge in [0.1, 0.15) is 0 Å². The molecule has 1 aromatic carbocycles. The predicted octanol–water partition coefficient (Wildman–Crippen LogP) is 3.32. The Hall–Kier alpha value is -2.10. The van der Waals surface area contributed by atoms with E-state index in [4.69, 9.17) is 0 Å². The number of pyridine rings is 1. The molecular formula is C19H25N3O. The molecule has 0 aliphatic carbocycles. The smallest absolute Gasteiger partial charge is 0.228 e. The van der Waals surface area contributed by atoms with Crippen LogP contribution in [0.1, 0.15) is 27.2 Å². The number of hydrogen-bond donors (Lipinski definition) is 0. The van der Waals surface area contributed by atoms with Crippen LogP contribution in [0.2, 0.25) is 0 Å². The molecule has 1 aliphatic heterocycles. The Labute approximate surface area is 138 Å². The van der Waals surface area contributed by atoms with Crippen molar-refractivity contribution in [2.24, 2.45) is 5.41 Å². The Morgan fingerprint density at radius 3 is 2.61 bits per heavy atom. The van der Waals surface area contributed by atoms with Crippen molar-refractivity contribution in [3.63, 3.8) is 0 Å². The number of fused-ring (bicyclic) bond motifs is 1. The first-order chi connectivity index (χ1) is 11.0. The number of carbonyl (C=O) groups is 1. The summed E-state index contributed by atoms with van der Waals surface area (Å²) >= 11 is 0. The van der Waals surface area contributed by atoms with Gasteiger partial charge in [-0.15, -0.1) is 0 Å². The molecule has 1 aromatic heterocycles. The monoisotopic (exact) mass is 311 g/mol. The summed E-state index contributed by atoms with van der Waals surface area (Å²) in [6.07, 6.45) is 2.87. The van der Waals surface area contributed by atoms with Gasteiger partial charge in [0.25, 0.3) is 0 Å². The van der Waals surface area contributed by atoms with Gasteiger partial charge in [0.05, 0.1) is 5.52 Å². The fraction of sp³-hybridized carbons (Fsp3) is 0.474. The first-order valence-corrected chi connectivity index (χ1v) is 8.35. The molecule has 0 radical (unpaired) electrons. The Morgan fingerprint density at radius 1 is 1.04 bits per heavy atom. The zero-order valence-electron chi connectivity index (χ0n) is 14.2. The zero-order valence-corrected chi connectivity index (χ0v) is 14.2. The van der Waals surface area contributed by atoms with Crippen molar-refractivity contribution in [2.45, 2.75) is 27.2 Å². The van der Waals surface area contributed by atoms with Crippen molar-refractivity contribution in [1.29, 1.82) is 0 Å². The average Bonchev–Trinajstić information content (AvgIpc) is 2.78. The zero-order chi connectivity index (χ0) is 16.4. The minimum atomic E-state index is -0.307. The van der Waals surface area contributed by atoms with E-state index in [1.54, 1.807) is 0 Å². The second-order valence-corrected chi connectivity index (χ2v) is 7.23. The normalized spacial score (nSPS) is 16.5. The second kappa shape index (κ2) is 6.19. The van der Waals surface area contributed by atoms with E-state index in [1.165, 1.54) is 11.1 Å². The van der Waals surface area contributed by atoms with E-state index in [2.05, 4.69) is 28.1 Å². The summed E-state index contributed by atoms with van der Waals surface area (Å²) in [6, 6.07) is 10.3. The summed E-state index contributed by atoms with van der Waals surface area (Å²) in [6.45, 7) is 9.46. The number of rotatable bonds is 1. The lowest BCUT2D eigenvalue weighted by molar-refractivity contribution is -0.139. The lowest BCUT2D eigenvalue weighted by Crippen LogP contribution is -2.41. The number of hydrogen-bond acceptors (Lipinski definition) is 3. The molecule has 2 aromatic rings. The van der Waals surface area contributed by atoms with Crippen molar-refractivity contribution in [3.05, 3.63) is 36.5 Å². The van der Waals surface area contributed by atoms with Crippen LogP contribution >= 0.6 is 0 Å². The SMILES string of the molecule is CC(C)(C)C(=O)N1CCCN(c2ccnc3ccccc23)CC1. The van der Waals surface area contributed by atoms with Crippen molar-refractivity contribution >= 4 is 22.5 Å². The average molecular weight is 311 g/mol. The molecule has 0 saturated carbocycles. The number of para-hydroxylation sites is 1. The summed E-state index contributed by atoms with van der Waals surface area (Å²) in [5.74, 6) is 0.249. The van der Waals surface area contributed by atoms with E-state index in [0.29, 0.717) is 0 Å². The van der Waals surface area contributed by atoms with Crippen molar-refractivity contribution in [3.8, 4) is 0 Å². The van der Waals surface area contributed by atoms with Gasteiger partial charge in [0.15, 0.2) is 0 Å². The van der Waals surface area contributed by atoms with Crippen molar-refractivity contribution in [1.82, 2.24) is 9.88 Å². The number of aromatic nitrogens is 1.